The second-order valence-corrected chi connectivity index (χ2v) is 14.2. The molecule has 298 valence electrons. The van der Waals surface area contributed by atoms with Crippen molar-refractivity contribution < 1.29 is 47.5 Å². The van der Waals surface area contributed by atoms with E-state index in [2.05, 4.69) is 67.0 Å². The molecule has 1 unspecified atom stereocenters. The quantitative estimate of drug-likeness (QED) is 0.0244. The zero-order valence-corrected chi connectivity index (χ0v) is 32.8. The lowest BCUT2D eigenvalue weighted by atomic mass is 10.1. The van der Waals surface area contributed by atoms with E-state index in [1.807, 2.05) is 12.2 Å². The first-order valence-electron chi connectivity index (χ1n) is 19.3. The van der Waals surface area contributed by atoms with Gasteiger partial charge < -0.3 is 25.2 Å². The number of carbonyl (C=O) groups excluding carboxylic acids is 2. The number of hydrogen-bond donors (Lipinski definition) is 3. The summed E-state index contributed by atoms with van der Waals surface area (Å²) in [7, 11) is -4.73. The van der Waals surface area contributed by atoms with Gasteiger partial charge in [-0.3, -0.25) is 23.4 Å². The van der Waals surface area contributed by atoms with Crippen LogP contribution in [-0.2, 0) is 37.5 Å². The molecule has 0 saturated carbocycles. The molecule has 0 aromatic rings. The first-order chi connectivity index (χ1) is 25.1. The van der Waals surface area contributed by atoms with E-state index in [0.29, 0.717) is 19.3 Å². The van der Waals surface area contributed by atoms with Crippen LogP contribution in [0.15, 0.2) is 60.8 Å². The zero-order chi connectivity index (χ0) is 38.5. The number of carboxylic acid groups (broad SMARTS) is 1. The number of ether oxygens (including phenoxy) is 2. The second-order valence-electron chi connectivity index (χ2n) is 12.7. The average molecular weight is 754 g/mol. The van der Waals surface area contributed by atoms with Crippen molar-refractivity contribution in [2.24, 2.45) is 5.73 Å². The van der Waals surface area contributed by atoms with Gasteiger partial charge in [-0.2, -0.15) is 0 Å². The van der Waals surface area contributed by atoms with E-state index in [1.54, 1.807) is 0 Å². The maximum Gasteiger partial charge on any atom is 0.472 e. The first kappa shape index (κ1) is 49.2. The Kier molecular flexibility index (Phi) is 33.3. The minimum absolute atomic E-state index is 0.0811. The van der Waals surface area contributed by atoms with Crippen LogP contribution in [-0.4, -0.2) is 59.9 Å². The summed E-state index contributed by atoms with van der Waals surface area (Å²) in [6, 6.07) is -1.53. The van der Waals surface area contributed by atoms with E-state index in [1.165, 1.54) is 32.1 Å². The van der Waals surface area contributed by atoms with Crippen LogP contribution in [0.5, 0.6) is 0 Å². The van der Waals surface area contributed by atoms with Crippen molar-refractivity contribution in [1.29, 1.82) is 0 Å². The van der Waals surface area contributed by atoms with Gasteiger partial charge in [0, 0.05) is 12.8 Å². The molecule has 0 rings (SSSR count). The number of carbonyl (C=O) groups is 3. The molecule has 0 saturated heterocycles. The summed E-state index contributed by atoms with van der Waals surface area (Å²) in [4.78, 5) is 45.7. The number of carboxylic acids is 1. The summed E-state index contributed by atoms with van der Waals surface area (Å²) >= 11 is 0. The molecule has 4 N–H and O–H groups in total. The number of phosphoric acid groups is 1. The van der Waals surface area contributed by atoms with Gasteiger partial charge in [0.25, 0.3) is 0 Å². The Bertz CT molecular complexity index is 1120. The van der Waals surface area contributed by atoms with Crippen LogP contribution in [0, 0.1) is 0 Å². The van der Waals surface area contributed by atoms with Gasteiger partial charge in [-0.1, -0.05) is 120 Å². The molecule has 0 amide bonds. The lowest BCUT2D eigenvalue weighted by Crippen LogP contribution is -2.34. The third-order valence-corrected chi connectivity index (χ3v) is 8.69. The van der Waals surface area contributed by atoms with Crippen LogP contribution in [0.25, 0.3) is 0 Å². The van der Waals surface area contributed by atoms with Crippen molar-refractivity contribution in [1.82, 2.24) is 0 Å². The van der Waals surface area contributed by atoms with E-state index in [-0.39, 0.29) is 19.4 Å². The van der Waals surface area contributed by atoms with E-state index < -0.39 is 51.1 Å². The van der Waals surface area contributed by atoms with Crippen LogP contribution in [0.2, 0.25) is 0 Å². The number of aliphatic carboxylic acids is 1. The van der Waals surface area contributed by atoms with Crippen molar-refractivity contribution in [3.63, 3.8) is 0 Å². The van der Waals surface area contributed by atoms with Gasteiger partial charge in [0.15, 0.2) is 6.10 Å². The van der Waals surface area contributed by atoms with E-state index in [0.717, 1.165) is 64.2 Å². The third-order valence-electron chi connectivity index (χ3n) is 7.74. The van der Waals surface area contributed by atoms with Crippen LogP contribution >= 0.6 is 7.82 Å². The predicted octanol–water partition coefficient (Wildman–Crippen LogP) is 9.61. The Morgan fingerprint density at radius 3 is 1.65 bits per heavy atom. The molecule has 0 aliphatic heterocycles. The van der Waals surface area contributed by atoms with Crippen molar-refractivity contribution >= 4 is 25.7 Å². The Balaban J connectivity index is 4.56. The first-order valence-corrected chi connectivity index (χ1v) is 20.8. The third kappa shape index (κ3) is 34.3. The normalized spacial score (nSPS) is 14.5. The SMILES string of the molecule is CCCC/C=C\CCCCCCCC(=O)OC[C@H](COP(=O)(O)OC[C@H](N)C(=O)O)OC(=O)CCC/C=C\C/C=C\C/C=C\C/C=C\CCCCC. The van der Waals surface area contributed by atoms with Gasteiger partial charge in [-0.05, 0) is 70.6 Å². The van der Waals surface area contributed by atoms with Gasteiger partial charge in [0.2, 0.25) is 0 Å². The summed E-state index contributed by atoms with van der Waals surface area (Å²) in [6.07, 6.45) is 38.7. The van der Waals surface area contributed by atoms with Gasteiger partial charge >= 0.3 is 25.7 Å². The van der Waals surface area contributed by atoms with Crippen molar-refractivity contribution in [2.45, 2.75) is 154 Å². The number of hydrogen-bond acceptors (Lipinski definition) is 9. The zero-order valence-electron chi connectivity index (χ0n) is 31.9. The van der Waals surface area contributed by atoms with Crippen LogP contribution in [0.3, 0.4) is 0 Å². The van der Waals surface area contributed by atoms with Crippen molar-refractivity contribution in [2.75, 3.05) is 19.8 Å². The number of unbranched alkanes of at least 4 members (excludes halogenated alkanes) is 11. The standard InChI is InChI=1S/C40H68NO10P/c1-3-5-7-9-11-13-15-16-17-18-19-20-22-24-26-28-30-32-39(43)51-36(34-49-52(46,47)50-35-37(41)40(44)45)33-48-38(42)31-29-27-25-23-21-14-12-10-8-6-4-2/h10-13,16-17,19-20,24,26,36-37H,3-9,14-15,18,21-23,25,27-35,41H2,1-2H3,(H,44,45)(H,46,47)/b12-10-,13-11-,17-16-,20-19-,26-24-/t36-,37+/m1/s1. The number of phosphoric ester groups is 1. The van der Waals surface area contributed by atoms with E-state index in [9.17, 15) is 23.8 Å². The average Bonchev–Trinajstić information content (AvgIpc) is 3.12. The molecule has 12 heteroatoms. The van der Waals surface area contributed by atoms with Gasteiger partial charge in [-0.25, -0.2) is 4.57 Å². The molecule has 0 bridgehead atoms. The molecular weight excluding hydrogens is 685 g/mol. The molecule has 0 spiro atoms. The molecule has 0 aromatic carbocycles. The predicted molar refractivity (Wildman–Crippen MR) is 208 cm³/mol. The van der Waals surface area contributed by atoms with Gasteiger partial charge in [-0.15, -0.1) is 0 Å². The summed E-state index contributed by atoms with van der Waals surface area (Å²) in [5.74, 6) is -2.47. The maximum absolute atomic E-state index is 12.5. The lowest BCUT2D eigenvalue weighted by molar-refractivity contribution is -0.161. The molecule has 0 aromatic heterocycles. The fraction of sp³-hybridized carbons (Fsp3) is 0.675. The lowest BCUT2D eigenvalue weighted by Gasteiger charge is -2.20. The molecular formula is C40H68NO10P. The summed E-state index contributed by atoms with van der Waals surface area (Å²) in [5.41, 5.74) is 5.31. The number of allylic oxidation sites excluding steroid dienone is 10. The summed E-state index contributed by atoms with van der Waals surface area (Å²) in [5, 5.41) is 8.86. The molecule has 52 heavy (non-hydrogen) atoms. The fourth-order valence-corrected chi connectivity index (χ4v) is 5.40. The molecule has 0 fully saturated rings. The minimum atomic E-state index is -4.73. The largest absolute Gasteiger partial charge is 0.480 e. The Morgan fingerprint density at radius 2 is 1.06 bits per heavy atom. The fourth-order valence-electron chi connectivity index (χ4n) is 4.62. The van der Waals surface area contributed by atoms with E-state index in [4.69, 9.17) is 24.8 Å². The van der Waals surface area contributed by atoms with Crippen molar-refractivity contribution in [3.8, 4) is 0 Å². The van der Waals surface area contributed by atoms with Crippen molar-refractivity contribution in [3.05, 3.63) is 60.8 Å². The smallest absolute Gasteiger partial charge is 0.472 e. The molecule has 0 radical (unpaired) electrons. The summed E-state index contributed by atoms with van der Waals surface area (Å²) < 4.78 is 32.5. The van der Waals surface area contributed by atoms with Gasteiger partial charge in [0.05, 0.1) is 13.2 Å². The second kappa shape index (κ2) is 35.2. The Morgan fingerprint density at radius 1 is 0.596 bits per heavy atom. The minimum Gasteiger partial charge on any atom is -0.480 e. The number of rotatable bonds is 35. The van der Waals surface area contributed by atoms with E-state index >= 15 is 0 Å². The molecule has 0 heterocycles. The van der Waals surface area contributed by atoms with Crippen LogP contribution < -0.4 is 5.73 Å². The molecule has 11 nitrogen and oxygen atoms in total. The summed E-state index contributed by atoms with van der Waals surface area (Å²) in [6.45, 7) is 2.64. The Labute approximate surface area is 313 Å². The highest BCUT2D eigenvalue weighted by atomic mass is 31.2. The Hall–Kier alpha value is -2.82. The monoisotopic (exact) mass is 753 g/mol. The highest BCUT2D eigenvalue weighted by molar-refractivity contribution is 7.47. The van der Waals surface area contributed by atoms with Crippen LogP contribution in [0.1, 0.15) is 142 Å². The van der Waals surface area contributed by atoms with Crippen LogP contribution in [0.4, 0.5) is 0 Å². The van der Waals surface area contributed by atoms with Gasteiger partial charge in [0.1, 0.15) is 12.6 Å². The maximum atomic E-state index is 12.5. The topological polar surface area (TPSA) is 172 Å². The number of esters is 2. The molecule has 0 aliphatic rings. The number of nitrogens with two attached hydrogens (primary N) is 1. The highest BCUT2D eigenvalue weighted by Crippen LogP contribution is 2.43. The molecule has 0 aliphatic carbocycles. The molecule has 3 atom stereocenters. The highest BCUT2D eigenvalue weighted by Gasteiger charge is 2.28.